The van der Waals surface area contributed by atoms with Crippen molar-refractivity contribution in [1.82, 2.24) is 10.2 Å². The summed E-state index contributed by atoms with van der Waals surface area (Å²) in [5.74, 6) is -0.629. The lowest BCUT2D eigenvalue weighted by Crippen LogP contribution is -2.45. The highest BCUT2D eigenvalue weighted by Gasteiger charge is 2.28. The molecular weight excluding hydrogens is 402 g/mol. The molecule has 1 aliphatic heterocycles. The maximum Gasteiger partial charge on any atom is 0.255 e. The fraction of sp³-hybridized carbons (Fsp3) is 0.261. The van der Waals surface area contributed by atoms with E-state index in [-0.39, 0.29) is 23.6 Å². The first-order valence-electron chi connectivity index (χ1n) is 9.83. The number of nitrogens with one attached hydrogen (secondary N) is 2. The van der Waals surface area contributed by atoms with Crippen molar-refractivity contribution < 1.29 is 14.4 Å². The van der Waals surface area contributed by atoms with Gasteiger partial charge in [-0.25, -0.2) is 0 Å². The highest BCUT2D eigenvalue weighted by molar-refractivity contribution is 6.30. The standard InChI is InChI=1S/C23H24ClN3O3/c1-2-13-25-21(28)18-4-3-14-27(15-18)23(30)17-7-11-20(12-8-17)26-22(29)16-5-9-19(24)10-6-16/h2,5-12,18H,1,3-4,13-15H2,(H,25,28)(H,26,29). The van der Waals surface area contributed by atoms with Crippen molar-refractivity contribution in [3.8, 4) is 0 Å². The lowest BCUT2D eigenvalue weighted by atomic mass is 9.96. The molecule has 0 saturated carbocycles. The van der Waals surface area contributed by atoms with E-state index in [1.54, 1.807) is 59.5 Å². The fourth-order valence-corrected chi connectivity index (χ4v) is 3.50. The second kappa shape index (κ2) is 10.1. The normalized spacial score (nSPS) is 15.9. The summed E-state index contributed by atoms with van der Waals surface area (Å²) in [5, 5.41) is 6.16. The van der Waals surface area contributed by atoms with E-state index in [2.05, 4.69) is 17.2 Å². The first kappa shape index (κ1) is 21.6. The third kappa shape index (κ3) is 5.48. The van der Waals surface area contributed by atoms with E-state index in [0.29, 0.717) is 41.5 Å². The lowest BCUT2D eigenvalue weighted by molar-refractivity contribution is -0.126. The van der Waals surface area contributed by atoms with E-state index in [1.807, 2.05) is 0 Å². The molecule has 0 spiro atoms. The van der Waals surface area contributed by atoms with E-state index >= 15 is 0 Å². The van der Waals surface area contributed by atoms with Gasteiger partial charge in [0.1, 0.15) is 0 Å². The quantitative estimate of drug-likeness (QED) is 0.692. The summed E-state index contributed by atoms with van der Waals surface area (Å²) in [4.78, 5) is 39.1. The molecule has 0 aromatic heterocycles. The van der Waals surface area contributed by atoms with Crippen LogP contribution in [0.1, 0.15) is 33.6 Å². The molecule has 1 saturated heterocycles. The van der Waals surface area contributed by atoms with Gasteiger partial charge in [0.25, 0.3) is 11.8 Å². The van der Waals surface area contributed by atoms with Crippen LogP contribution >= 0.6 is 11.6 Å². The van der Waals surface area contributed by atoms with Crippen LogP contribution in [0.15, 0.2) is 61.2 Å². The number of carbonyl (C=O) groups excluding carboxylic acids is 3. The van der Waals surface area contributed by atoms with Gasteiger partial charge < -0.3 is 15.5 Å². The summed E-state index contributed by atoms with van der Waals surface area (Å²) >= 11 is 5.84. The lowest BCUT2D eigenvalue weighted by Gasteiger charge is -2.32. The molecule has 0 radical (unpaired) electrons. The van der Waals surface area contributed by atoms with Crippen molar-refractivity contribution in [3.05, 3.63) is 77.3 Å². The maximum absolute atomic E-state index is 12.8. The van der Waals surface area contributed by atoms with Gasteiger partial charge in [-0.2, -0.15) is 0 Å². The first-order valence-corrected chi connectivity index (χ1v) is 10.2. The molecule has 1 aliphatic rings. The molecule has 30 heavy (non-hydrogen) atoms. The van der Waals surface area contributed by atoms with Crippen LogP contribution in [-0.2, 0) is 4.79 Å². The number of amides is 3. The number of halogens is 1. The number of likely N-dealkylation sites (tertiary alicyclic amines) is 1. The molecule has 3 amide bonds. The Labute approximate surface area is 180 Å². The highest BCUT2D eigenvalue weighted by atomic mass is 35.5. The van der Waals surface area contributed by atoms with E-state index in [4.69, 9.17) is 11.6 Å². The van der Waals surface area contributed by atoms with Crippen LogP contribution in [0.2, 0.25) is 5.02 Å². The molecule has 1 fully saturated rings. The number of nitrogens with zero attached hydrogens (tertiary/aromatic N) is 1. The molecule has 2 N–H and O–H groups in total. The number of carbonyl (C=O) groups is 3. The fourth-order valence-electron chi connectivity index (χ4n) is 3.38. The van der Waals surface area contributed by atoms with Gasteiger partial charge in [0.2, 0.25) is 5.91 Å². The Morgan fingerprint density at radius 1 is 1.07 bits per heavy atom. The van der Waals surface area contributed by atoms with Gasteiger partial charge in [0.05, 0.1) is 5.92 Å². The molecule has 1 unspecified atom stereocenters. The molecule has 156 valence electrons. The van der Waals surface area contributed by atoms with Crippen molar-refractivity contribution in [2.24, 2.45) is 5.92 Å². The van der Waals surface area contributed by atoms with Gasteiger partial charge in [0, 0.05) is 41.5 Å². The monoisotopic (exact) mass is 425 g/mol. The summed E-state index contributed by atoms with van der Waals surface area (Å²) in [7, 11) is 0. The SMILES string of the molecule is C=CCNC(=O)C1CCCN(C(=O)c2ccc(NC(=O)c3ccc(Cl)cc3)cc2)C1. The molecule has 3 rings (SSSR count). The van der Waals surface area contributed by atoms with Crippen molar-refractivity contribution >= 4 is 35.0 Å². The molecule has 1 atom stereocenters. The summed E-state index contributed by atoms with van der Waals surface area (Å²) in [5.41, 5.74) is 1.60. The number of anilines is 1. The van der Waals surface area contributed by atoms with Crippen LogP contribution in [0.25, 0.3) is 0 Å². The Kier molecular flexibility index (Phi) is 7.25. The summed E-state index contributed by atoms with van der Waals surface area (Å²) < 4.78 is 0. The third-order valence-corrected chi connectivity index (χ3v) is 5.25. The van der Waals surface area contributed by atoms with Crippen LogP contribution in [0.4, 0.5) is 5.69 Å². The Hall–Kier alpha value is -3.12. The Morgan fingerprint density at radius 3 is 2.40 bits per heavy atom. The van der Waals surface area contributed by atoms with E-state index in [0.717, 1.165) is 12.8 Å². The molecule has 6 nitrogen and oxygen atoms in total. The van der Waals surface area contributed by atoms with Gasteiger partial charge in [-0.1, -0.05) is 17.7 Å². The molecule has 2 aromatic carbocycles. The van der Waals surface area contributed by atoms with Crippen molar-refractivity contribution in [2.75, 3.05) is 25.0 Å². The van der Waals surface area contributed by atoms with E-state index in [1.165, 1.54) is 0 Å². The van der Waals surface area contributed by atoms with Gasteiger partial charge in [-0.3, -0.25) is 14.4 Å². The van der Waals surface area contributed by atoms with Gasteiger partial charge in [-0.05, 0) is 61.4 Å². The highest BCUT2D eigenvalue weighted by Crippen LogP contribution is 2.20. The molecule has 7 heteroatoms. The Balaban J connectivity index is 1.60. The molecule has 0 bridgehead atoms. The predicted molar refractivity (Wildman–Crippen MR) is 118 cm³/mol. The zero-order valence-corrected chi connectivity index (χ0v) is 17.3. The number of hydrogen-bond acceptors (Lipinski definition) is 3. The zero-order chi connectivity index (χ0) is 21.5. The van der Waals surface area contributed by atoms with Crippen LogP contribution < -0.4 is 10.6 Å². The molecule has 1 heterocycles. The maximum atomic E-state index is 12.8. The van der Waals surface area contributed by atoms with Crippen LogP contribution in [0.5, 0.6) is 0 Å². The van der Waals surface area contributed by atoms with Gasteiger partial charge in [0.15, 0.2) is 0 Å². The Morgan fingerprint density at radius 2 is 1.73 bits per heavy atom. The number of hydrogen-bond donors (Lipinski definition) is 2. The predicted octanol–water partition coefficient (Wildman–Crippen LogP) is 3.75. The summed E-state index contributed by atoms with van der Waals surface area (Å²) in [6, 6.07) is 13.4. The van der Waals surface area contributed by atoms with Crippen LogP contribution in [0.3, 0.4) is 0 Å². The second-order valence-electron chi connectivity index (χ2n) is 7.16. The molecule has 0 aliphatic carbocycles. The van der Waals surface area contributed by atoms with Crippen molar-refractivity contribution in [3.63, 3.8) is 0 Å². The average Bonchev–Trinajstić information content (AvgIpc) is 2.78. The molecule has 2 aromatic rings. The average molecular weight is 426 g/mol. The minimum Gasteiger partial charge on any atom is -0.352 e. The van der Waals surface area contributed by atoms with Gasteiger partial charge >= 0.3 is 0 Å². The second-order valence-corrected chi connectivity index (χ2v) is 7.60. The minimum atomic E-state index is -0.254. The number of benzene rings is 2. The Bertz CT molecular complexity index is 926. The van der Waals surface area contributed by atoms with E-state index < -0.39 is 0 Å². The first-order chi connectivity index (χ1) is 14.5. The van der Waals surface area contributed by atoms with E-state index in [9.17, 15) is 14.4 Å². The number of piperidine rings is 1. The van der Waals surface area contributed by atoms with Crippen LogP contribution in [-0.4, -0.2) is 42.3 Å². The van der Waals surface area contributed by atoms with Gasteiger partial charge in [-0.15, -0.1) is 6.58 Å². The smallest absolute Gasteiger partial charge is 0.255 e. The third-order valence-electron chi connectivity index (χ3n) is 5.00. The summed E-state index contributed by atoms with van der Waals surface area (Å²) in [6.07, 6.45) is 3.19. The molecular formula is C23H24ClN3O3. The van der Waals surface area contributed by atoms with Crippen molar-refractivity contribution in [1.29, 1.82) is 0 Å². The number of rotatable bonds is 6. The zero-order valence-electron chi connectivity index (χ0n) is 16.6. The largest absolute Gasteiger partial charge is 0.352 e. The topological polar surface area (TPSA) is 78.5 Å². The van der Waals surface area contributed by atoms with Crippen LogP contribution in [0, 0.1) is 5.92 Å². The minimum absolute atomic E-state index is 0.0485. The summed E-state index contributed by atoms with van der Waals surface area (Å²) in [6.45, 7) is 5.04. The van der Waals surface area contributed by atoms with Crippen molar-refractivity contribution in [2.45, 2.75) is 12.8 Å².